The number of ether oxygens (including phenoxy) is 4. The highest BCUT2D eigenvalue weighted by atomic mass is 16.5. The van der Waals surface area contributed by atoms with Crippen LogP contribution in [0.5, 0.6) is 23.0 Å². The molecule has 3 aromatic rings. The molecule has 0 aromatic heterocycles. The van der Waals surface area contributed by atoms with E-state index >= 15 is 0 Å². The Morgan fingerprint density at radius 3 is 1.93 bits per heavy atom. The lowest BCUT2D eigenvalue weighted by Crippen LogP contribution is -2.37. The molecule has 42 heavy (non-hydrogen) atoms. The lowest BCUT2D eigenvalue weighted by Gasteiger charge is -2.37. The number of hydrogen-bond donors (Lipinski definition) is 2. The van der Waals surface area contributed by atoms with Gasteiger partial charge in [0, 0.05) is 40.6 Å². The molecule has 5 rings (SSSR count). The van der Waals surface area contributed by atoms with Gasteiger partial charge in [0.25, 0.3) is 5.91 Å². The number of allylic oxidation sites excluding steroid dienone is 3. The second-order valence-electron chi connectivity index (χ2n) is 10.6. The van der Waals surface area contributed by atoms with Crippen LogP contribution in [0.1, 0.15) is 48.3 Å². The van der Waals surface area contributed by atoms with E-state index < -0.39 is 5.92 Å². The Morgan fingerprint density at radius 2 is 1.33 bits per heavy atom. The predicted octanol–water partition coefficient (Wildman–Crippen LogP) is 6.03. The number of rotatable bonds is 8. The molecular formula is C34H36N2O6. The number of carbonyl (C=O) groups excluding carboxylic acids is 2. The van der Waals surface area contributed by atoms with Crippen LogP contribution in [0.25, 0.3) is 0 Å². The van der Waals surface area contributed by atoms with Gasteiger partial charge in [-0.3, -0.25) is 9.59 Å². The topological polar surface area (TPSA) is 95.1 Å². The number of ketones is 1. The molecule has 2 unspecified atom stereocenters. The molecule has 0 fully saturated rings. The first-order valence-corrected chi connectivity index (χ1v) is 13.8. The number of Topliss-reactive ketones (excluding diaryl/α,β-unsaturated/α-hetero) is 1. The molecule has 1 amide bonds. The average molecular weight is 569 g/mol. The van der Waals surface area contributed by atoms with Crippen LogP contribution in [0.15, 0.2) is 83.2 Å². The van der Waals surface area contributed by atoms with Crippen molar-refractivity contribution in [2.24, 2.45) is 0 Å². The summed E-state index contributed by atoms with van der Waals surface area (Å²) >= 11 is 0. The molecule has 0 bridgehead atoms. The number of methoxy groups -OCH3 is 4. The molecule has 1 aliphatic heterocycles. The van der Waals surface area contributed by atoms with Gasteiger partial charge in [0.15, 0.2) is 28.8 Å². The van der Waals surface area contributed by atoms with Crippen molar-refractivity contribution in [1.82, 2.24) is 5.32 Å². The highest BCUT2D eigenvalue weighted by molar-refractivity contribution is 6.10. The standard InChI is InChI=1S/C34H36N2O6/c1-19-7-11-24(12-8-19)36-34(38)31-20(2)35-25-15-23(21-9-13-27(39-3)29(17-21)41-5)16-26(37)33(25)32(31)22-10-14-28(40-4)30(18-22)42-6/h7-14,17-18,23,32,35H,15-16H2,1-6H3,(H,36,38). The molecule has 0 saturated carbocycles. The molecule has 0 saturated heterocycles. The van der Waals surface area contributed by atoms with Crippen molar-refractivity contribution >= 4 is 17.4 Å². The molecule has 2 N–H and O–H groups in total. The van der Waals surface area contributed by atoms with Crippen LogP contribution in [-0.4, -0.2) is 40.1 Å². The maximum atomic E-state index is 14.1. The lowest BCUT2D eigenvalue weighted by atomic mass is 9.71. The molecule has 2 aliphatic rings. The van der Waals surface area contributed by atoms with Gasteiger partial charge in [-0.05, 0) is 73.7 Å². The van der Waals surface area contributed by atoms with E-state index in [0.29, 0.717) is 58.4 Å². The van der Waals surface area contributed by atoms with Crippen LogP contribution in [-0.2, 0) is 9.59 Å². The van der Waals surface area contributed by atoms with E-state index in [-0.39, 0.29) is 17.6 Å². The molecule has 1 heterocycles. The summed E-state index contributed by atoms with van der Waals surface area (Å²) in [7, 11) is 6.34. The third-order valence-electron chi connectivity index (χ3n) is 8.00. The number of carbonyl (C=O) groups is 2. The molecule has 0 radical (unpaired) electrons. The fraction of sp³-hybridized carbons (Fsp3) is 0.294. The molecule has 2 atom stereocenters. The van der Waals surface area contributed by atoms with Crippen LogP contribution in [0.4, 0.5) is 5.69 Å². The summed E-state index contributed by atoms with van der Waals surface area (Å²) in [6.45, 7) is 3.88. The van der Waals surface area contributed by atoms with Crippen LogP contribution in [0.3, 0.4) is 0 Å². The quantitative estimate of drug-likeness (QED) is 0.343. The van der Waals surface area contributed by atoms with E-state index in [1.165, 1.54) is 0 Å². The summed E-state index contributed by atoms with van der Waals surface area (Å²) < 4.78 is 22.0. The van der Waals surface area contributed by atoms with Crippen molar-refractivity contribution in [3.63, 3.8) is 0 Å². The smallest absolute Gasteiger partial charge is 0.254 e. The maximum absolute atomic E-state index is 14.1. The van der Waals surface area contributed by atoms with Crippen molar-refractivity contribution < 1.29 is 28.5 Å². The second-order valence-corrected chi connectivity index (χ2v) is 10.6. The van der Waals surface area contributed by atoms with Gasteiger partial charge >= 0.3 is 0 Å². The summed E-state index contributed by atoms with van der Waals surface area (Å²) in [5.41, 5.74) is 6.12. The Hall–Kier alpha value is -4.72. The zero-order chi connectivity index (χ0) is 30.0. The number of hydrogen-bond acceptors (Lipinski definition) is 7. The average Bonchev–Trinajstić information content (AvgIpc) is 3.00. The summed E-state index contributed by atoms with van der Waals surface area (Å²) in [5.74, 6) is 1.40. The van der Waals surface area contributed by atoms with Gasteiger partial charge < -0.3 is 29.6 Å². The molecule has 0 spiro atoms. The SMILES string of the molecule is COc1ccc(C2CC(=O)C3=C(C2)NC(C)=C(C(=O)Nc2ccc(C)cc2)C3c2ccc(OC)c(OC)c2)cc1OC. The van der Waals surface area contributed by atoms with Crippen LogP contribution < -0.4 is 29.6 Å². The predicted molar refractivity (Wildman–Crippen MR) is 161 cm³/mol. The Kier molecular flexibility index (Phi) is 8.24. The van der Waals surface area contributed by atoms with E-state index in [9.17, 15) is 9.59 Å². The number of amides is 1. The van der Waals surface area contributed by atoms with E-state index in [1.807, 2.05) is 68.4 Å². The summed E-state index contributed by atoms with van der Waals surface area (Å²) in [6.07, 6.45) is 0.899. The largest absolute Gasteiger partial charge is 0.493 e. The minimum absolute atomic E-state index is 0.0172. The van der Waals surface area contributed by atoms with Gasteiger partial charge in [0.1, 0.15) is 0 Å². The zero-order valence-corrected chi connectivity index (χ0v) is 24.8. The normalized spacial score (nSPS) is 18.2. The molecule has 8 nitrogen and oxygen atoms in total. The highest BCUT2D eigenvalue weighted by Gasteiger charge is 2.41. The van der Waals surface area contributed by atoms with Gasteiger partial charge in [-0.15, -0.1) is 0 Å². The number of nitrogens with one attached hydrogen (secondary N) is 2. The number of aryl methyl sites for hydroxylation is 1. The third-order valence-corrected chi connectivity index (χ3v) is 8.00. The molecule has 8 heteroatoms. The van der Waals surface area contributed by atoms with Gasteiger partial charge in [0.2, 0.25) is 0 Å². The zero-order valence-electron chi connectivity index (χ0n) is 24.8. The Balaban J connectivity index is 1.58. The molecule has 218 valence electrons. The molecule has 1 aliphatic carbocycles. The van der Waals surface area contributed by atoms with Crippen molar-refractivity contribution in [3.05, 3.63) is 99.9 Å². The van der Waals surface area contributed by atoms with Crippen LogP contribution in [0, 0.1) is 6.92 Å². The van der Waals surface area contributed by atoms with Crippen molar-refractivity contribution in [1.29, 1.82) is 0 Å². The first-order chi connectivity index (χ1) is 20.3. The number of benzene rings is 3. The van der Waals surface area contributed by atoms with Gasteiger partial charge in [0.05, 0.1) is 28.4 Å². The van der Waals surface area contributed by atoms with Gasteiger partial charge in [-0.25, -0.2) is 0 Å². The van der Waals surface area contributed by atoms with Gasteiger partial charge in [-0.1, -0.05) is 29.8 Å². The van der Waals surface area contributed by atoms with E-state index in [0.717, 1.165) is 22.4 Å². The van der Waals surface area contributed by atoms with Crippen LogP contribution >= 0.6 is 0 Å². The fourth-order valence-corrected chi connectivity index (χ4v) is 5.88. The minimum atomic E-state index is -0.592. The summed E-state index contributed by atoms with van der Waals surface area (Å²) in [6, 6.07) is 18.9. The van der Waals surface area contributed by atoms with Crippen molar-refractivity contribution in [2.45, 2.75) is 38.5 Å². The minimum Gasteiger partial charge on any atom is -0.493 e. The number of anilines is 1. The van der Waals surface area contributed by atoms with E-state index in [4.69, 9.17) is 18.9 Å². The van der Waals surface area contributed by atoms with E-state index in [1.54, 1.807) is 34.5 Å². The first kappa shape index (κ1) is 28.8. The monoisotopic (exact) mass is 568 g/mol. The third kappa shape index (κ3) is 5.44. The van der Waals surface area contributed by atoms with Gasteiger partial charge in [-0.2, -0.15) is 0 Å². The Bertz CT molecular complexity index is 1590. The van der Waals surface area contributed by atoms with Crippen molar-refractivity contribution in [3.8, 4) is 23.0 Å². The lowest BCUT2D eigenvalue weighted by molar-refractivity contribution is -0.116. The van der Waals surface area contributed by atoms with Crippen LogP contribution in [0.2, 0.25) is 0 Å². The number of dihydropyridines is 1. The Morgan fingerprint density at radius 1 is 0.762 bits per heavy atom. The highest BCUT2D eigenvalue weighted by Crippen LogP contribution is 2.47. The van der Waals surface area contributed by atoms with E-state index in [2.05, 4.69) is 10.6 Å². The second kappa shape index (κ2) is 12.0. The molecule has 3 aromatic carbocycles. The maximum Gasteiger partial charge on any atom is 0.254 e. The molecular weight excluding hydrogens is 532 g/mol. The summed E-state index contributed by atoms with van der Waals surface area (Å²) in [5, 5.41) is 6.48. The van der Waals surface area contributed by atoms with Crippen molar-refractivity contribution in [2.75, 3.05) is 33.8 Å². The first-order valence-electron chi connectivity index (χ1n) is 13.8. The summed E-state index contributed by atoms with van der Waals surface area (Å²) in [4.78, 5) is 28.0. The Labute approximate surface area is 246 Å². The fourth-order valence-electron chi connectivity index (χ4n) is 5.88.